The van der Waals surface area contributed by atoms with E-state index in [-0.39, 0.29) is 28.4 Å². The molecule has 0 atom stereocenters. The molecule has 0 spiro atoms. The zero-order chi connectivity index (χ0) is 42.5. The number of hydrogen-bond acceptors (Lipinski definition) is 3. The molecular formula is C56H59BN2S. The van der Waals surface area contributed by atoms with Crippen LogP contribution in [0, 0.1) is 0 Å². The average Bonchev–Trinajstić information content (AvgIpc) is 3.60. The quantitative estimate of drug-likeness (QED) is 0.164. The third-order valence-corrected chi connectivity index (χ3v) is 14.0. The molecule has 0 fully saturated rings. The van der Waals surface area contributed by atoms with Crippen LogP contribution in [0.1, 0.15) is 105 Å². The first-order valence-electron chi connectivity index (χ1n) is 21.7. The SMILES string of the molecule is CC(C)(C)c1ccc(N2c3ccc(C(C)(C)C)cc3B3c4sc(-c5ccccc5)c(-c5ccccc5)c4N(c4ccc(C(C)(C)C)cc4)c4cc(C(C)(C)C)cc2c43)cc1. The van der Waals surface area contributed by atoms with Gasteiger partial charge in [-0.25, -0.2) is 0 Å². The van der Waals surface area contributed by atoms with Gasteiger partial charge in [-0.3, -0.25) is 0 Å². The fourth-order valence-corrected chi connectivity index (χ4v) is 10.6. The first kappa shape index (κ1) is 40.1. The van der Waals surface area contributed by atoms with Crippen LogP contribution in [0.5, 0.6) is 0 Å². The van der Waals surface area contributed by atoms with Gasteiger partial charge in [0.05, 0.1) is 5.69 Å². The lowest BCUT2D eigenvalue weighted by atomic mass is 9.35. The molecule has 2 aliphatic heterocycles. The highest BCUT2D eigenvalue weighted by Gasteiger charge is 2.47. The molecule has 0 amide bonds. The molecule has 3 heterocycles. The summed E-state index contributed by atoms with van der Waals surface area (Å²) < 4.78 is 1.39. The van der Waals surface area contributed by atoms with E-state index in [1.807, 2.05) is 11.3 Å². The van der Waals surface area contributed by atoms with Crippen LogP contribution in [0.15, 0.2) is 140 Å². The summed E-state index contributed by atoms with van der Waals surface area (Å²) in [4.78, 5) is 6.52. The first-order valence-corrected chi connectivity index (χ1v) is 22.5. The Balaban J connectivity index is 1.45. The number of anilines is 6. The van der Waals surface area contributed by atoms with Crippen LogP contribution in [0.3, 0.4) is 0 Å². The Morgan fingerprint density at radius 3 is 1.37 bits per heavy atom. The second-order valence-corrected chi connectivity index (χ2v) is 22.2. The van der Waals surface area contributed by atoms with Crippen molar-refractivity contribution >= 4 is 67.9 Å². The second-order valence-electron chi connectivity index (χ2n) is 21.2. The molecule has 60 heavy (non-hydrogen) atoms. The number of fused-ring (bicyclic) bond motifs is 4. The van der Waals surface area contributed by atoms with E-state index in [1.165, 1.54) is 93.6 Å². The molecule has 1 aromatic heterocycles. The van der Waals surface area contributed by atoms with Gasteiger partial charge in [0, 0.05) is 43.7 Å². The molecule has 0 saturated heterocycles. The van der Waals surface area contributed by atoms with Crippen LogP contribution in [0.4, 0.5) is 34.1 Å². The van der Waals surface area contributed by atoms with Gasteiger partial charge < -0.3 is 9.80 Å². The maximum absolute atomic E-state index is 2.64. The molecule has 0 bridgehead atoms. The van der Waals surface area contributed by atoms with E-state index < -0.39 is 0 Å². The van der Waals surface area contributed by atoms with Crippen molar-refractivity contribution in [3.05, 3.63) is 162 Å². The van der Waals surface area contributed by atoms with Gasteiger partial charge in [0.1, 0.15) is 0 Å². The van der Waals surface area contributed by atoms with E-state index in [0.717, 1.165) is 0 Å². The zero-order valence-electron chi connectivity index (χ0n) is 37.7. The lowest BCUT2D eigenvalue weighted by molar-refractivity contribution is 0.589. The number of nitrogens with zero attached hydrogens (tertiary/aromatic N) is 2. The van der Waals surface area contributed by atoms with Gasteiger partial charge in [-0.2, -0.15) is 0 Å². The van der Waals surface area contributed by atoms with Gasteiger partial charge >= 0.3 is 0 Å². The predicted molar refractivity (Wildman–Crippen MR) is 264 cm³/mol. The Labute approximate surface area is 364 Å². The minimum Gasteiger partial charge on any atom is -0.311 e. The summed E-state index contributed by atoms with van der Waals surface area (Å²) >= 11 is 1.98. The number of rotatable bonds is 4. The van der Waals surface area contributed by atoms with Crippen molar-refractivity contribution < 1.29 is 0 Å². The van der Waals surface area contributed by atoms with Crippen LogP contribution in [-0.2, 0) is 21.7 Å². The standard InChI is InChI=1S/C56H59BN2S/c1-53(2,3)38-23-28-42(29-24-38)58-45-32-27-40(55(7,8)9)33-44(45)57-49-46(58)34-41(56(10,11)12)35-47(49)59(43-30-25-39(26-31-43)54(4,5)6)50-48(36-19-15-13-16-20-36)51(60-52(50)57)37-21-17-14-18-22-37/h13-35H,1-12H3. The van der Waals surface area contributed by atoms with E-state index in [9.17, 15) is 0 Å². The predicted octanol–water partition coefficient (Wildman–Crippen LogP) is 14.4. The first-order chi connectivity index (χ1) is 28.3. The molecule has 2 aliphatic rings. The molecule has 6 aromatic carbocycles. The number of thiophene rings is 1. The molecule has 0 saturated carbocycles. The Morgan fingerprint density at radius 1 is 0.417 bits per heavy atom. The zero-order valence-corrected chi connectivity index (χ0v) is 38.5. The molecular weight excluding hydrogens is 744 g/mol. The maximum Gasteiger partial charge on any atom is 0.264 e. The summed E-state index contributed by atoms with van der Waals surface area (Å²) in [6.45, 7) is 27.9. The summed E-state index contributed by atoms with van der Waals surface area (Å²) in [5.41, 5.74) is 19.3. The van der Waals surface area contributed by atoms with Crippen LogP contribution >= 0.6 is 11.3 Å². The van der Waals surface area contributed by atoms with E-state index in [4.69, 9.17) is 0 Å². The Bertz CT molecular complexity index is 2720. The average molecular weight is 803 g/mol. The Hall–Kier alpha value is -5.32. The van der Waals surface area contributed by atoms with E-state index in [1.54, 1.807) is 0 Å². The lowest BCUT2D eigenvalue weighted by Gasteiger charge is -2.44. The minimum absolute atomic E-state index is 0.0222. The van der Waals surface area contributed by atoms with Crippen LogP contribution in [0.2, 0.25) is 0 Å². The fourth-order valence-electron chi connectivity index (χ4n) is 9.15. The second kappa shape index (κ2) is 14.1. The summed E-state index contributed by atoms with van der Waals surface area (Å²) in [5.74, 6) is 0. The normalized spacial score (nSPS) is 13.9. The van der Waals surface area contributed by atoms with Crippen molar-refractivity contribution in [2.75, 3.05) is 9.80 Å². The molecule has 7 aromatic rings. The summed E-state index contributed by atoms with van der Waals surface area (Å²) in [5, 5.41) is 0. The van der Waals surface area contributed by atoms with Gasteiger partial charge in [0.2, 0.25) is 0 Å². The fraction of sp³-hybridized carbons (Fsp3) is 0.286. The number of benzene rings is 6. The maximum atomic E-state index is 2.64. The molecule has 0 radical (unpaired) electrons. The highest BCUT2D eigenvalue weighted by Crippen LogP contribution is 2.53. The van der Waals surface area contributed by atoms with Crippen molar-refractivity contribution in [2.45, 2.75) is 105 Å². The van der Waals surface area contributed by atoms with Gasteiger partial charge in [0.25, 0.3) is 6.71 Å². The highest BCUT2D eigenvalue weighted by molar-refractivity contribution is 7.31. The van der Waals surface area contributed by atoms with Crippen LogP contribution in [-0.4, -0.2) is 6.71 Å². The van der Waals surface area contributed by atoms with Crippen molar-refractivity contribution in [1.29, 1.82) is 0 Å². The molecule has 4 heteroatoms. The summed E-state index contributed by atoms with van der Waals surface area (Å²) in [6, 6.07) is 53.4. The van der Waals surface area contributed by atoms with Crippen molar-refractivity contribution in [2.24, 2.45) is 0 Å². The smallest absolute Gasteiger partial charge is 0.264 e. The largest absolute Gasteiger partial charge is 0.311 e. The molecule has 0 unspecified atom stereocenters. The molecule has 302 valence electrons. The van der Waals surface area contributed by atoms with Crippen molar-refractivity contribution in [1.82, 2.24) is 0 Å². The number of hydrogen-bond donors (Lipinski definition) is 0. The van der Waals surface area contributed by atoms with Gasteiger partial charge in [-0.15, -0.1) is 11.3 Å². The van der Waals surface area contributed by atoms with Gasteiger partial charge in [0.15, 0.2) is 0 Å². The van der Waals surface area contributed by atoms with Crippen molar-refractivity contribution in [3.63, 3.8) is 0 Å². The Morgan fingerprint density at radius 2 is 0.867 bits per heavy atom. The van der Waals surface area contributed by atoms with E-state index >= 15 is 0 Å². The van der Waals surface area contributed by atoms with Crippen molar-refractivity contribution in [3.8, 4) is 21.6 Å². The molecule has 0 aliphatic carbocycles. The lowest BCUT2D eigenvalue weighted by Crippen LogP contribution is -2.60. The van der Waals surface area contributed by atoms with E-state index in [2.05, 4.69) is 232 Å². The van der Waals surface area contributed by atoms with Gasteiger partial charge in [-0.1, -0.05) is 180 Å². The van der Waals surface area contributed by atoms with Gasteiger partial charge in [-0.05, 0) is 108 Å². The van der Waals surface area contributed by atoms with Crippen LogP contribution < -0.4 is 25.5 Å². The third kappa shape index (κ3) is 6.82. The monoisotopic (exact) mass is 802 g/mol. The highest BCUT2D eigenvalue weighted by atomic mass is 32.1. The van der Waals surface area contributed by atoms with E-state index in [0.29, 0.717) is 0 Å². The Kier molecular flexibility index (Phi) is 9.45. The molecule has 9 rings (SSSR count). The topological polar surface area (TPSA) is 6.48 Å². The molecule has 2 nitrogen and oxygen atoms in total. The summed E-state index contributed by atoms with van der Waals surface area (Å²) in [6.07, 6.45) is 0. The minimum atomic E-state index is -0.104. The summed E-state index contributed by atoms with van der Waals surface area (Å²) in [7, 11) is 0. The molecule has 0 N–H and O–H groups in total. The third-order valence-electron chi connectivity index (χ3n) is 12.7. The van der Waals surface area contributed by atoms with Crippen LogP contribution in [0.25, 0.3) is 21.6 Å².